The summed E-state index contributed by atoms with van der Waals surface area (Å²) in [7, 11) is 0. The molecule has 6 nitrogen and oxygen atoms in total. The van der Waals surface area contributed by atoms with Gasteiger partial charge in [0, 0.05) is 0 Å². The van der Waals surface area contributed by atoms with Gasteiger partial charge in [-0.2, -0.15) is 0 Å². The summed E-state index contributed by atoms with van der Waals surface area (Å²) in [5.74, 6) is -0.0577. The highest BCUT2D eigenvalue weighted by Gasteiger charge is 2.18. The van der Waals surface area contributed by atoms with E-state index in [1.54, 1.807) is 13.8 Å². The minimum absolute atomic E-state index is 0.0531. The number of hydrogen-bond acceptors (Lipinski definition) is 4. The molecule has 2 N–H and O–H groups in total. The summed E-state index contributed by atoms with van der Waals surface area (Å²) in [4.78, 5) is 23.2. The van der Waals surface area contributed by atoms with Crippen LogP contribution in [-0.2, 0) is 16.8 Å². The number of aromatic carboxylic acids is 1. The first-order valence-corrected chi connectivity index (χ1v) is 8.45. The Labute approximate surface area is 153 Å². The lowest BCUT2D eigenvalue weighted by atomic mass is 9.87. The van der Waals surface area contributed by atoms with Crippen molar-refractivity contribution in [3.63, 3.8) is 0 Å². The van der Waals surface area contributed by atoms with E-state index >= 15 is 0 Å². The number of benzene rings is 1. The highest BCUT2D eigenvalue weighted by molar-refractivity contribution is 5.88. The van der Waals surface area contributed by atoms with E-state index in [1.165, 1.54) is 11.6 Å². The molecule has 0 spiro atoms. The number of ether oxygens (including phenoxy) is 1. The molecule has 1 aromatic carbocycles. The molecule has 0 bridgehead atoms. The molecule has 0 fully saturated rings. The van der Waals surface area contributed by atoms with Gasteiger partial charge in [0.2, 0.25) is 0 Å². The average Bonchev–Trinajstić information content (AvgIpc) is 2.93. The van der Waals surface area contributed by atoms with Gasteiger partial charge >= 0.3 is 5.97 Å². The van der Waals surface area contributed by atoms with Gasteiger partial charge < -0.3 is 19.6 Å². The zero-order valence-corrected chi connectivity index (χ0v) is 15.8. The predicted octanol–water partition coefficient (Wildman–Crippen LogP) is 3.67. The van der Waals surface area contributed by atoms with Crippen molar-refractivity contribution in [2.45, 2.75) is 52.7 Å². The van der Waals surface area contributed by atoms with Crippen molar-refractivity contribution in [2.24, 2.45) is 0 Å². The maximum absolute atomic E-state index is 12.2. The van der Waals surface area contributed by atoms with Gasteiger partial charge in [-0.15, -0.1) is 0 Å². The van der Waals surface area contributed by atoms with Crippen LogP contribution in [0.5, 0.6) is 5.75 Å². The van der Waals surface area contributed by atoms with Gasteiger partial charge in [-0.25, -0.2) is 4.79 Å². The van der Waals surface area contributed by atoms with Crippen LogP contribution < -0.4 is 10.1 Å². The van der Waals surface area contributed by atoms with Crippen molar-refractivity contribution in [3.05, 3.63) is 53.0 Å². The lowest BCUT2D eigenvalue weighted by molar-refractivity contribution is -0.127. The first-order chi connectivity index (χ1) is 12.1. The SMILES string of the molecule is Cc1oc(CNC(=O)C(C)Oc2ccc(C(C)(C)C)cc2)cc1C(=O)O. The zero-order valence-electron chi connectivity index (χ0n) is 15.8. The number of rotatable bonds is 6. The van der Waals surface area contributed by atoms with E-state index in [1.807, 2.05) is 24.3 Å². The van der Waals surface area contributed by atoms with Crippen molar-refractivity contribution in [1.29, 1.82) is 0 Å². The van der Waals surface area contributed by atoms with E-state index in [0.717, 1.165) is 0 Å². The van der Waals surface area contributed by atoms with Gasteiger partial charge in [0.15, 0.2) is 6.10 Å². The minimum Gasteiger partial charge on any atom is -0.481 e. The quantitative estimate of drug-likeness (QED) is 0.821. The largest absolute Gasteiger partial charge is 0.481 e. The first-order valence-electron chi connectivity index (χ1n) is 8.45. The molecule has 0 aliphatic carbocycles. The fraction of sp³-hybridized carbons (Fsp3) is 0.400. The highest BCUT2D eigenvalue weighted by atomic mass is 16.5. The number of nitrogens with one attached hydrogen (secondary N) is 1. The summed E-state index contributed by atoms with van der Waals surface area (Å²) in [6.45, 7) is 9.72. The number of hydrogen-bond donors (Lipinski definition) is 2. The Morgan fingerprint density at radius 2 is 1.85 bits per heavy atom. The fourth-order valence-electron chi connectivity index (χ4n) is 2.45. The molecule has 0 saturated carbocycles. The smallest absolute Gasteiger partial charge is 0.339 e. The molecule has 1 aromatic heterocycles. The molecular weight excluding hydrogens is 334 g/mol. The van der Waals surface area contributed by atoms with Crippen LogP contribution in [0.15, 0.2) is 34.7 Å². The Morgan fingerprint density at radius 3 is 2.35 bits per heavy atom. The number of furan rings is 1. The van der Waals surface area contributed by atoms with Crippen LogP contribution in [0.25, 0.3) is 0 Å². The van der Waals surface area contributed by atoms with Crippen molar-refractivity contribution in [1.82, 2.24) is 5.32 Å². The second-order valence-corrected chi connectivity index (χ2v) is 7.24. The maximum Gasteiger partial charge on any atom is 0.339 e. The summed E-state index contributed by atoms with van der Waals surface area (Å²) in [5, 5.41) is 11.7. The molecule has 0 aliphatic rings. The number of carbonyl (C=O) groups excluding carboxylic acids is 1. The summed E-state index contributed by atoms with van der Waals surface area (Å²) in [6, 6.07) is 9.07. The third-order valence-corrected chi connectivity index (χ3v) is 4.04. The molecule has 1 unspecified atom stereocenters. The van der Waals surface area contributed by atoms with E-state index in [0.29, 0.717) is 17.3 Å². The van der Waals surface area contributed by atoms with Crippen molar-refractivity contribution < 1.29 is 23.8 Å². The van der Waals surface area contributed by atoms with Crippen LogP contribution in [0.3, 0.4) is 0 Å². The van der Waals surface area contributed by atoms with Gasteiger partial charge in [-0.05, 0) is 43.0 Å². The molecule has 6 heteroatoms. The van der Waals surface area contributed by atoms with Crippen LogP contribution >= 0.6 is 0 Å². The lowest BCUT2D eigenvalue weighted by Gasteiger charge is -2.20. The van der Waals surface area contributed by atoms with E-state index in [2.05, 4.69) is 26.1 Å². The third-order valence-electron chi connectivity index (χ3n) is 4.04. The Kier molecular flexibility index (Phi) is 5.75. The van der Waals surface area contributed by atoms with Crippen molar-refractivity contribution in [3.8, 4) is 5.75 Å². The normalized spacial score (nSPS) is 12.5. The fourth-order valence-corrected chi connectivity index (χ4v) is 2.45. The molecule has 140 valence electrons. The number of carboxylic acids is 1. The minimum atomic E-state index is -1.06. The molecule has 0 radical (unpaired) electrons. The van der Waals surface area contributed by atoms with Gasteiger partial charge in [0.1, 0.15) is 22.8 Å². The summed E-state index contributed by atoms with van der Waals surface area (Å²) >= 11 is 0. The van der Waals surface area contributed by atoms with Crippen LogP contribution in [0.1, 0.15) is 55.1 Å². The van der Waals surface area contributed by atoms with Crippen LogP contribution in [0.2, 0.25) is 0 Å². The number of carboxylic acid groups (broad SMARTS) is 1. The third kappa shape index (κ3) is 4.88. The summed E-state index contributed by atoms with van der Waals surface area (Å²) in [6.07, 6.45) is -0.689. The van der Waals surface area contributed by atoms with Crippen molar-refractivity contribution >= 4 is 11.9 Å². The predicted molar refractivity (Wildman–Crippen MR) is 97.5 cm³/mol. The molecular formula is C20H25NO5. The second-order valence-electron chi connectivity index (χ2n) is 7.24. The van der Waals surface area contributed by atoms with Crippen LogP contribution in [0.4, 0.5) is 0 Å². The maximum atomic E-state index is 12.2. The number of aryl methyl sites for hydroxylation is 1. The molecule has 1 heterocycles. The second kappa shape index (κ2) is 7.64. The summed E-state index contributed by atoms with van der Waals surface area (Å²) < 4.78 is 11.0. The van der Waals surface area contributed by atoms with Crippen LogP contribution in [-0.4, -0.2) is 23.1 Å². The molecule has 26 heavy (non-hydrogen) atoms. The average molecular weight is 359 g/mol. The molecule has 0 saturated heterocycles. The Balaban J connectivity index is 1.91. The van der Waals surface area contributed by atoms with Gasteiger partial charge in [-0.1, -0.05) is 32.9 Å². The Bertz CT molecular complexity index is 784. The molecule has 2 aromatic rings. The lowest BCUT2D eigenvalue weighted by Crippen LogP contribution is -2.35. The Hall–Kier alpha value is -2.76. The van der Waals surface area contributed by atoms with Crippen LogP contribution in [0, 0.1) is 6.92 Å². The number of carbonyl (C=O) groups is 2. The topological polar surface area (TPSA) is 88.8 Å². The number of amides is 1. The van der Waals surface area contributed by atoms with E-state index in [9.17, 15) is 9.59 Å². The van der Waals surface area contributed by atoms with Gasteiger partial charge in [0.25, 0.3) is 5.91 Å². The Morgan fingerprint density at radius 1 is 1.23 bits per heavy atom. The zero-order chi connectivity index (χ0) is 19.5. The van der Waals surface area contributed by atoms with Crippen molar-refractivity contribution in [2.75, 3.05) is 0 Å². The first kappa shape index (κ1) is 19.6. The van der Waals surface area contributed by atoms with E-state index in [4.69, 9.17) is 14.3 Å². The van der Waals surface area contributed by atoms with Gasteiger partial charge in [-0.3, -0.25) is 4.79 Å². The summed E-state index contributed by atoms with van der Waals surface area (Å²) in [5.41, 5.74) is 1.33. The van der Waals surface area contributed by atoms with E-state index in [-0.39, 0.29) is 23.4 Å². The standard InChI is InChI=1S/C20H25NO5/c1-12-17(19(23)24)10-16(25-12)11-21-18(22)13(2)26-15-8-6-14(7-9-15)20(3,4)5/h6-10,13H,11H2,1-5H3,(H,21,22)(H,23,24). The molecule has 1 amide bonds. The molecule has 2 rings (SSSR count). The molecule has 0 aliphatic heterocycles. The monoisotopic (exact) mass is 359 g/mol. The highest BCUT2D eigenvalue weighted by Crippen LogP contribution is 2.24. The molecule has 1 atom stereocenters. The van der Waals surface area contributed by atoms with E-state index < -0.39 is 12.1 Å². The van der Waals surface area contributed by atoms with Gasteiger partial charge in [0.05, 0.1) is 6.54 Å².